The minimum Gasteiger partial charge on any atom is -0.488 e. The van der Waals surface area contributed by atoms with Gasteiger partial charge in [-0.1, -0.05) is 59.2 Å². The fourth-order valence-electron chi connectivity index (χ4n) is 7.85. The van der Waals surface area contributed by atoms with Crippen LogP contribution in [0.1, 0.15) is 90.0 Å². The highest BCUT2D eigenvalue weighted by Crippen LogP contribution is 2.43. The number of methoxy groups -OCH3 is 1. The fourth-order valence-corrected chi connectivity index (χ4v) is 7.85. The molecule has 1 fully saturated rings. The largest absolute Gasteiger partial charge is 0.488 e. The number of carbonyl (C=O) groups is 3. The minimum absolute atomic E-state index is 0.0221. The van der Waals surface area contributed by atoms with Crippen molar-refractivity contribution in [1.29, 1.82) is 0 Å². The first-order valence-corrected chi connectivity index (χ1v) is 19.3. The molecular weight excluding hydrogens is 683 g/mol. The van der Waals surface area contributed by atoms with Crippen LogP contribution in [0.25, 0.3) is 44.2 Å². The van der Waals surface area contributed by atoms with E-state index in [4.69, 9.17) is 14.5 Å². The van der Waals surface area contributed by atoms with Crippen molar-refractivity contribution < 1.29 is 23.9 Å². The third-order valence-electron chi connectivity index (χ3n) is 10.8. The van der Waals surface area contributed by atoms with Crippen molar-refractivity contribution in [3.8, 4) is 28.1 Å². The van der Waals surface area contributed by atoms with Gasteiger partial charge in [-0.2, -0.15) is 0 Å². The van der Waals surface area contributed by atoms with E-state index in [0.717, 1.165) is 93.6 Å². The van der Waals surface area contributed by atoms with Crippen molar-refractivity contribution in [2.45, 2.75) is 92.0 Å². The first-order chi connectivity index (χ1) is 26.1. The van der Waals surface area contributed by atoms with E-state index < -0.39 is 12.1 Å². The topological polar surface area (TPSA) is 146 Å². The van der Waals surface area contributed by atoms with Gasteiger partial charge in [0.05, 0.1) is 42.6 Å². The third-order valence-corrected chi connectivity index (χ3v) is 10.8. The van der Waals surface area contributed by atoms with Gasteiger partial charge >= 0.3 is 6.09 Å². The monoisotopic (exact) mass is 733 g/mol. The molecule has 2 aliphatic rings. The predicted octanol–water partition coefficient (Wildman–Crippen LogP) is 7.88. The smallest absolute Gasteiger partial charge is 0.407 e. The average Bonchev–Trinajstić information content (AvgIpc) is 3.95. The Balaban J connectivity index is 1.13. The summed E-state index contributed by atoms with van der Waals surface area (Å²) >= 11 is 0. The van der Waals surface area contributed by atoms with Crippen LogP contribution in [0, 0.1) is 11.8 Å². The highest BCUT2D eigenvalue weighted by molar-refractivity contribution is 6.07. The van der Waals surface area contributed by atoms with Gasteiger partial charge in [-0.05, 0) is 77.4 Å². The number of benzene rings is 3. The number of amides is 3. The predicted molar refractivity (Wildman–Crippen MR) is 209 cm³/mol. The molecular formula is C42H51N7O5. The maximum atomic E-state index is 13.8. The number of aromatic amines is 2. The van der Waals surface area contributed by atoms with Gasteiger partial charge in [0.1, 0.15) is 30.0 Å². The Morgan fingerprint density at radius 3 is 2.67 bits per heavy atom. The Bertz CT molecular complexity index is 2190. The van der Waals surface area contributed by atoms with Gasteiger partial charge in [0.25, 0.3) is 0 Å². The second-order valence-corrected chi connectivity index (χ2v) is 15.2. The van der Waals surface area contributed by atoms with Gasteiger partial charge < -0.3 is 34.6 Å². The molecule has 0 aliphatic carbocycles. The Labute approximate surface area is 316 Å². The molecule has 284 valence electrons. The lowest BCUT2D eigenvalue weighted by Gasteiger charge is -2.31. The number of hydrogen-bond acceptors (Lipinski definition) is 7. The lowest BCUT2D eigenvalue weighted by molar-refractivity contribution is -0.136. The molecule has 3 amide bonds. The molecule has 5 aromatic rings. The van der Waals surface area contributed by atoms with Gasteiger partial charge in [-0.25, -0.2) is 14.8 Å². The zero-order valence-corrected chi connectivity index (χ0v) is 32.1. The van der Waals surface area contributed by atoms with Crippen molar-refractivity contribution in [2.75, 3.05) is 20.2 Å². The molecule has 0 unspecified atom stereocenters. The zero-order valence-electron chi connectivity index (χ0n) is 32.1. The Morgan fingerprint density at radius 1 is 1.07 bits per heavy atom. The summed E-state index contributed by atoms with van der Waals surface area (Å²) in [4.78, 5) is 59.2. The summed E-state index contributed by atoms with van der Waals surface area (Å²) in [5, 5.41) is 4.84. The number of hydrogen-bond donors (Lipinski definition) is 3. The van der Waals surface area contributed by atoms with E-state index in [2.05, 4.69) is 76.6 Å². The molecule has 0 radical (unpaired) electrons. The maximum Gasteiger partial charge on any atom is 0.407 e. The van der Waals surface area contributed by atoms with Crippen LogP contribution < -0.4 is 10.1 Å². The Morgan fingerprint density at radius 2 is 1.91 bits per heavy atom. The molecule has 0 saturated carbocycles. The molecule has 54 heavy (non-hydrogen) atoms. The standard InChI is InChI=1S/C42H51N7O5/c1-7-10-37(50)49-16-9-11-34(49)40-45-32-15-13-26-18-31-29-14-12-27(17-28(29)23-54-35(31)19-30(26)39(32)46-40)33-20-43-36(44-33)22-48(21-24(3)4)41(51)38(25(5)8-2)47-42(52)53-6/h12-15,17-20,24-25,34,38H,7-11,16,21-23H2,1-6H3,(H,43,44)(H,45,46)(H,47,52)/t25-,34-,38-/m0/s1. The Hall–Kier alpha value is -5.39. The maximum absolute atomic E-state index is 13.8. The average molecular weight is 734 g/mol. The molecule has 2 aliphatic heterocycles. The fraction of sp³-hybridized carbons (Fsp3) is 0.452. The number of nitrogens with zero attached hydrogens (tertiary/aromatic N) is 4. The lowest BCUT2D eigenvalue weighted by Crippen LogP contribution is -2.52. The number of alkyl carbamates (subject to hydrolysis) is 1. The second-order valence-electron chi connectivity index (χ2n) is 15.2. The number of fused-ring (bicyclic) bond motifs is 6. The van der Waals surface area contributed by atoms with Crippen LogP contribution in [0.2, 0.25) is 0 Å². The SMILES string of the molecule is CCCC(=O)N1CCC[C@H]1c1nc2c(ccc3cc4c(cc32)OCc2cc(-c3cnc(CN(CC(C)C)C(=O)[C@@H](NC(=O)OC)[C@@H](C)CC)[nH]3)ccc2-4)[nH]1. The zero-order chi connectivity index (χ0) is 38.1. The summed E-state index contributed by atoms with van der Waals surface area (Å²) in [5.41, 5.74) is 6.87. The summed E-state index contributed by atoms with van der Waals surface area (Å²) in [6, 6.07) is 14.1. The molecule has 2 aromatic heterocycles. The molecule has 3 N–H and O–H groups in total. The summed E-state index contributed by atoms with van der Waals surface area (Å²) in [7, 11) is 1.30. The number of aromatic nitrogens is 4. The number of ether oxygens (including phenoxy) is 2. The molecule has 3 aromatic carbocycles. The normalized spacial score (nSPS) is 16.2. The number of rotatable bonds is 12. The van der Waals surface area contributed by atoms with Crippen molar-refractivity contribution in [2.24, 2.45) is 11.8 Å². The van der Waals surface area contributed by atoms with Gasteiger partial charge in [-0.3, -0.25) is 9.59 Å². The molecule has 0 spiro atoms. The number of carbonyl (C=O) groups excluding carboxylic acids is 3. The molecule has 12 heteroatoms. The highest BCUT2D eigenvalue weighted by atomic mass is 16.5. The van der Waals surface area contributed by atoms with Crippen molar-refractivity contribution in [3.63, 3.8) is 0 Å². The van der Waals surface area contributed by atoms with Crippen LogP contribution in [0.3, 0.4) is 0 Å². The number of likely N-dealkylation sites (tertiary alicyclic amines) is 1. The van der Waals surface area contributed by atoms with Crippen molar-refractivity contribution >= 4 is 39.7 Å². The quantitative estimate of drug-likeness (QED) is 0.118. The van der Waals surface area contributed by atoms with Crippen molar-refractivity contribution in [3.05, 3.63) is 65.9 Å². The molecule has 7 rings (SSSR count). The van der Waals surface area contributed by atoms with E-state index in [0.29, 0.717) is 25.4 Å². The van der Waals surface area contributed by atoms with E-state index in [1.165, 1.54) is 7.11 Å². The van der Waals surface area contributed by atoms with Gasteiger partial charge in [0.2, 0.25) is 11.8 Å². The minimum atomic E-state index is -0.704. The second kappa shape index (κ2) is 15.5. The number of imidazole rings is 2. The Kier molecular flexibility index (Phi) is 10.6. The summed E-state index contributed by atoms with van der Waals surface area (Å²) in [6.45, 7) is 12.1. The van der Waals surface area contributed by atoms with Crippen LogP contribution in [-0.2, 0) is 27.5 Å². The molecule has 0 bridgehead atoms. The van der Waals surface area contributed by atoms with E-state index in [1.54, 1.807) is 11.1 Å². The van der Waals surface area contributed by atoms with Crippen molar-refractivity contribution in [1.82, 2.24) is 35.1 Å². The van der Waals surface area contributed by atoms with Crippen LogP contribution >= 0.6 is 0 Å². The summed E-state index contributed by atoms with van der Waals surface area (Å²) in [5.74, 6) is 2.50. The molecule has 1 saturated heterocycles. The first-order valence-electron chi connectivity index (χ1n) is 19.3. The number of H-pyrrole nitrogens is 2. The van der Waals surface area contributed by atoms with Gasteiger partial charge in [0.15, 0.2) is 0 Å². The van der Waals surface area contributed by atoms with Crippen LogP contribution in [0.5, 0.6) is 5.75 Å². The summed E-state index contributed by atoms with van der Waals surface area (Å²) < 4.78 is 11.2. The van der Waals surface area contributed by atoms with Crippen LogP contribution in [0.15, 0.2) is 48.7 Å². The van der Waals surface area contributed by atoms with E-state index >= 15 is 0 Å². The summed E-state index contributed by atoms with van der Waals surface area (Å²) in [6.07, 6.45) is 5.20. The van der Waals surface area contributed by atoms with Gasteiger partial charge in [-0.15, -0.1) is 0 Å². The first kappa shape index (κ1) is 36.9. The molecule has 3 atom stereocenters. The third kappa shape index (κ3) is 7.25. The lowest BCUT2D eigenvalue weighted by atomic mass is 9.92. The van der Waals surface area contributed by atoms with E-state index in [-0.39, 0.29) is 36.2 Å². The molecule has 4 heterocycles. The van der Waals surface area contributed by atoms with Crippen LogP contribution in [-0.4, -0.2) is 73.9 Å². The molecule has 12 nitrogen and oxygen atoms in total. The van der Waals surface area contributed by atoms with Gasteiger partial charge in [0, 0.05) is 30.5 Å². The van der Waals surface area contributed by atoms with E-state index in [1.807, 2.05) is 25.7 Å². The van der Waals surface area contributed by atoms with Crippen LogP contribution in [0.4, 0.5) is 4.79 Å². The highest BCUT2D eigenvalue weighted by Gasteiger charge is 2.33. The number of nitrogens with one attached hydrogen (secondary N) is 3. The van der Waals surface area contributed by atoms with E-state index in [9.17, 15) is 14.4 Å².